The van der Waals surface area contributed by atoms with Crippen molar-refractivity contribution in [3.05, 3.63) is 23.8 Å². The Hall–Kier alpha value is -1.14. The normalized spacial score (nSPS) is 8.80. The average Bonchev–Trinajstić information content (AvgIpc) is 1.95. The van der Waals surface area contributed by atoms with Crippen LogP contribution in [-0.4, -0.2) is 5.11 Å². The van der Waals surface area contributed by atoms with Crippen LogP contribution in [0.4, 0.5) is 0 Å². The van der Waals surface area contributed by atoms with E-state index < -0.39 is 0 Å². The van der Waals surface area contributed by atoms with Crippen LogP contribution in [0.5, 0.6) is 5.75 Å². The highest BCUT2D eigenvalue weighted by Gasteiger charge is 1.95. The van der Waals surface area contributed by atoms with Crippen LogP contribution < -0.4 is 0 Å². The van der Waals surface area contributed by atoms with E-state index in [1.807, 2.05) is 6.07 Å². The zero-order chi connectivity index (χ0) is 7.56. The second-order valence-electron chi connectivity index (χ2n) is 1.82. The molecule has 0 unspecified atom stereocenters. The molecule has 0 saturated heterocycles. The van der Waals surface area contributed by atoms with Crippen LogP contribution in [0.15, 0.2) is 23.1 Å². The number of thiol groups is 1. The molecule has 0 amide bonds. The number of nitriles is 1. The number of benzene rings is 1. The van der Waals surface area contributed by atoms with E-state index in [9.17, 15) is 0 Å². The van der Waals surface area contributed by atoms with Crippen LogP contribution in [0.1, 0.15) is 5.56 Å². The Morgan fingerprint density at radius 1 is 1.50 bits per heavy atom. The molecule has 2 nitrogen and oxygen atoms in total. The fraction of sp³-hybridized carbons (Fsp3) is 0. The van der Waals surface area contributed by atoms with E-state index in [1.165, 1.54) is 18.2 Å². The molecule has 1 N–H and O–H groups in total. The van der Waals surface area contributed by atoms with Gasteiger partial charge < -0.3 is 5.11 Å². The summed E-state index contributed by atoms with van der Waals surface area (Å²) in [4.78, 5) is 0.430. The minimum absolute atomic E-state index is 0.0994. The summed E-state index contributed by atoms with van der Waals surface area (Å²) >= 11 is 3.92. The van der Waals surface area contributed by atoms with E-state index in [1.54, 1.807) is 0 Å². The van der Waals surface area contributed by atoms with E-state index in [0.29, 0.717) is 10.5 Å². The molecule has 0 bridgehead atoms. The Labute approximate surface area is 64.1 Å². The summed E-state index contributed by atoms with van der Waals surface area (Å²) < 4.78 is 0. The first-order valence-electron chi connectivity index (χ1n) is 2.66. The fourth-order valence-corrected chi connectivity index (χ4v) is 0.807. The van der Waals surface area contributed by atoms with Crippen LogP contribution in [0.25, 0.3) is 0 Å². The highest BCUT2D eigenvalue weighted by Crippen LogP contribution is 2.20. The lowest BCUT2D eigenvalue weighted by Gasteiger charge is -1.94. The Kier molecular flexibility index (Phi) is 1.83. The van der Waals surface area contributed by atoms with Gasteiger partial charge in [-0.25, -0.2) is 0 Å². The molecule has 10 heavy (non-hydrogen) atoms. The Morgan fingerprint density at radius 3 is 2.70 bits per heavy atom. The lowest BCUT2D eigenvalue weighted by Crippen LogP contribution is -1.73. The molecule has 0 aliphatic heterocycles. The van der Waals surface area contributed by atoms with Gasteiger partial charge in [-0.1, -0.05) is 0 Å². The van der Waals surface area contributed by atoms with Gasteiger partial charge in [0, 0.05) is 4.90 Å². The summed E-state index contributed by atoms with van der Waals surface area (Å²) in [6, 6.07) is 6.43. The standard InChI is InChI=1S/C7H5NOS/c8-4-5-1-2-6(9)7(10)3-5/h1-3,9-10H. The number of phenolic OH excluding ortho intramolecular Hbond substituents is 1. The SMILES string of the molecule is N#Cc1ccc(O)c(S)c1. The van der Waals surface area contributed by atoms with Gasteiger partial charge in [-0.3, -0.25) is 0 Å². The third kappa shape index (κ3) is 1.23. The first-order chi connectivity index (χ1) is 4.74. The van der Waals surface area contributed by atoms with Crippen LogP contribution in [0.2, 0.25) is 0 Å². The molecule has 0 saturated carbocycles. The summed E-state index contributed by atoms with van der Waals surface area (Å²) in [5.41, 5.74) is 0.503. The Bertz CT molecular complexity index is 290. The van der Waals surface area contributed by atoms with E-state index in [-0.39, 0.29) is 5.75 Å². The molecule has 0 atom stereocenters. The first-order valence-corrected chi connectivity index (χ1v) is 3.11. The number of phenols is 1. The van der Waals surface area contributed by atoms with Crippen molar-refractivity contribution in [1.82, 2.24) is 0 Å². The highest BCUT2D eigenvalue weighted by atomic mass is 32.1. The summed E-state index contributed by atoms with van der Waals surface area (Å²) in [5.74, 6) is 0.0994. The van der Waals surface area contributed by atoms with Crippen molar-refractivity contribution in [1.29, 1.82) is 5.26 Å². The summed E-state index contributed by atoms with van der Waals surface area (Å²) in [5, 5.41) is 17.3. The molecule has 1 aromatic carbocycles. The van der Waals surface area contributed by atoms with Crippen molar-refractivity contribution in [2.45, 2.75) is 4.90 Å². The zero-order valence-electron chi connectivity index (χ0n) is 5.07. The number of hydrogen-bond donors (Lipinski definition) is 2. The minimum Gasteiger partial charge on any atom is -0.507 e. The van der Waals surface area contributed by atoms with Crippen molar-refractivity contribution in [2.24, 2.45) is 0 Å². The Morgan fingerprint density at radius 2 is 2.20 bits per heavy atom. The molecular weight excluding hydrogens is 146 g/mol. The number of aromatic hydroxyl groups is 1. The topological polar surface area (TPSA) is 44.0 Å². The first kappa shape index (κ1) is 6.97. The summed E-state index contributed by atoms with van der Waals surface area (Å²) in [6.45, 7) is 0. The van der Waals surface area contributed by atoms with Gasteiger partial charge in [0.05, 0.1) is 11.6 Å². The molecule has 3 heteroatoms. The van der Waals surface area contributed by atoms with Gasteiger partial charge in [0.25, 0.3) is 0 Å². The second-order valence-corrected chi connectivity index (χ2v) is 2.30. The van der Waals surface area contributed by atoms with Gasteiger partial charge in [-0.2, -0.15) is 5.26 Å². The van der Waals surface area contributed by atoms with E-state index >= 15 is 0 Å². The van der Waals surface area contributed by atoms with Gasteiger partial charge >= 0.3 is 0 Å². The highest BCUT2D eigenvalue weighted by molar-refractivity contribution is 7.80. The summed E-state index contributed by atoms with van der Waals surface area (Å²) in [6.07, 6.45) is 0. The number of hydrogen-bond acceptors (Lipinski definition) is 3. The molecule has 0 aliphatic carbocycles. The lowest BCUT2D eigenvalue weighted by molar-refractivity contribution is 0.462. The smallest absolute Gasteiger partial charge is 0.128 e. The van der Waals surface area contributed by atoms with Crippen LogP contribution in [0, 0.1) is 11.3 Å². The van der Waals surface area contributed by atoms with Crippen molar-refractivity contribution in [3.63, 3.8) is 0 Å². The van der Waals surface area contributed by atoms with E-state index in [0.717, 1.165) is 0 Å². The maximum Gasteiger partial charge on any atom is 0.128 e. The third-order valence-corrected chi connectivity index (χ3v) is 1.46. The quantitative estimate of drug-likeness (QED) is 0.552. The van der Waals surface area contributed by atoms with Crippen molar-refractivity contribution >= 4 is 12.6 Å². The number of rotatable bonds is 0. The van der Waals surface area contributed by atoms with Crippen molar-refractivity contribution in [3.8, 4) is 11.8 Å². The molecule has 1 aromatic rings. The van der Waals surface area contributed by atoms with Gasteiger partial charge in [-0.15, -0.1) is 12.6 Å². The fourth-order valence-electron chi connectivity index (χ4n) is 0.593. The second kappa shape index (κ2) is 2.63. The maximum atomic E-state index is 8.95. The molecule has 0 aromatic heterocycles. The van der Waals surface area contributed by atoms with E-state index in [2.05, 4.69) is 12.6 Å². The zero-order valence-corrected chi connectivity index (χ0v) is 5.97. The largest absolute Gasteiger partial charge is 0.507 e. The molecule has 0 radical (unpaired) electrons. The molecule has 50 valence electrons. The molecule has 0 fully saturated rings. The molecule has 0 spiro atoms. The van der Waals surface area contributed by atoms with Gasteiger partial charge in [0.1, 0.15) is 5.75 Å². The van der Waals surface area contributed by atoms with Gasteiger partial charge in [0.15, 0.2) is 0 Å². The Balaban J connectivity index is 3.20. The lowest BCUT2D eigenvalue weighted by atomic mass is 10.2. The molecule has 1 rings (SSSR count). The maximum absolute atomic E-state index is 8.95. The van der Waals surface area contributed by atoms with Crippen LogP contribution in [0.3, 0.4) is 0 Å². The van der Waals surface area contributed by atoms with E-state index in [4.69, 9.17) is 10.4 Å². The van der Waals surface area contributed by atoms with Crippen LogP contribution in [-0.2, 0) is 0 Å². The van der Waals surface area contributed by atoms with Crippen molar-refractivity contribution in [2.75, 3.05) is 0 Å². The van der Waals surface area contributed by atoms with Gasteiger partial charge in [0.2, 0.25) is 0 Å². The number of nitrogens with zero attached hydrogens (tertiary/aromatic N) is 1. The summed E-state index contributed by atoms with van der Waals surface area (Å²) in [7, 11) is 0. The van der Waals surface area contributed by atoms with Crippen molar-refractivity contribution < 1.29 is 5.11 Å². The van der Waals surface area contributed by atoms with Gasteiger partial charge in [-0.05, 0) is 18.2 Å². The monoisotopic (exact) mass is 151 g/mol. The predicted molar refractivity (Wildman–Crippen MR) is 40.1 cm³/mol. The third-order valence-electron chi connectivity index (χ3n) is 1.10. The molecular formula is C7H5NOS. The molecule has 0 aliphatic rings. The molecule has 0 heterocycles. The van der Waals surface area contributed by atoms with Crippen LogP contribution >= 0.6 is 12.6 Å². The average molecular weight is 151 g/mol. The minimum atomic E-state index is 0.0994. The predicted octanol–water partition coefficient (Wildman–Crippen LogP) is 1.55.